The molecule has 1 aliphatic rings. The second-order valence-corrected chi connectivity index (χ2v) is 7.94. The van der Waals surface area contributed by atoms with Crippen LogP contribution in [0.1, 0.15) is 31.2 Å². The minimum atomic E-state index is 0.332. The molecule has 0 bridgehead atoms. The van der Waals surface area contributed by atoms with E-state index in [0.29, 0.717) is 24.6 Å². The molecule has 0 amide bonds. The lowest BCUT2D eigenvalue weighted by Crippen LogP contribution is -2.33. The Kier molecular flexibility index (Phi) is 5.76. The fraction of sp³-hybridized carbons (Fsp3) is 0.409. The molecule has 1 aromatic carbocycles. The van der Waals surface area contributed by atoms with Crippen molar-refractivity contribution in [1.29, 1.82) is 0 Å². The molecule has 2 aromatic heterocycles. The third kappa shape index (κ3) is 4.56. The summed E-state index contributed by atoms with van der Waals surface area (Å²) in [6.45, 7) is 0.715. The number of nitrogens with two attached hydrogens (primary N) is 1. The molecule has 7 heteroatoms. The molecule has 7 nitrogen and oxygen atoms in total. The molecule has 1 saturated carbocycles. The van der Waals surface area contributed by atoms with Crippen molar-refractivity contribution < 1.29 is 0 Å². The first-order valence-corrected chi connectivity index (χ1v) is 10.2. The number of aromatic nitrogens is 4. The van der Waals surface area contributed by atoms with Crippen molar-refractivity contribution in [3.05, 3.63) is 54.4 Å². The monoisotopic (exact) mass is 391 g/mol. The van der Waals surface area contributed by atoms with Gasteiger partial charge in [-0.2, -0.15) is 5.10 Å². The fourth-order valence-electron chi connectivity index (χ4n) is 3.93. The van der Waals surface area contributed by atoms with Gasteiger partial charge in [0.25, 0.3) is 0 Å². The van der Waals surface area contributed by atoms with Crippen LogP contribution in [0.4, 0.5) is 11.8 Å². The van der Waals surface area contributed by atoms with Gasteiger partial charge in [-0.3, -0.25) is 0 Å². The van der Waals surface area contributed by atoms with Gasteiger partial charge in [0.15, 0.2) is 0 Å². The summed E-state index contributed by atoms with van der Waals surface area (Å²) < 4.78 is 2.02. The topological polar surface area (TPSA) is 84.9 Å². The Morgan fingerprint density at radius 3 is 2.59 bits per heavy atom. The number of benzene rings is 1. The maximum atomic E-state index is 6.02. The van der Waals surface area contributed by atoms with Crippen LogP contribution in [0.3, 0.4) is 0 Å². The summed E-state index contributed by atoms with van der Waals surface area (Å²) in [7, 11) is 4.07. The Hall–Kier alpha value is -2.93. The summed E-state index contributed by atoms with van der Waals surface area (Å²) in [6.07, 6.45) is 7.93. The molecule has 0 saturated heterocycles. The highest BCUT2D eigenvalue weighted by Crippen LogP contribution is 2.30. The Morgan fingerprint density at radius 1 is 1.10 bits per heavy atom. The molecule has 152 valence electrons. The molecule has 2 heterocycles. The highest BCUT2D eigenvalue weighted by atomic mass is 15.4. The number of nitrogens with one attached hydrogen (secondary N) is 1. The van der Waals surface area contributed by atoms with Crippen LogP contribution >= 0.6 is 0 Å². The molecule has 0 atom stereocenters. The number of nitrogens with zero attached hydrogens (tertiary/aromatic N) is 5. The quantitative estimate of drug-likeness (QED) is 0.671. The summed E-state index contributed by atoms with van der Waals surface area (Å²) in [5.74, 6) is 1.70. The van der Waals surface area contributed by atoms with Crippen LogP contribution in [-0.2, 0) is 6.54 Å². The fourth-order valence-corrected chi connectivity index (χ4v) is 3.93. The van der Waals surface area contributed by atoms with Crippen LogP contribution in [0.2, 0.25) is 0 Å². The van der Waals surface area contributed by atoms with Crippen LogP contribution in [0.25, 0.3) is 11.3 Å². The van der Waals surface area contributed by atoms with Gasteiger partial charge in [0.1, 0.15) is 5.82 Å². The first-order valence-electron chi connectivity index (χ1n) is 10.2. The summed E-state index contributed by atoms with van der Waals surface area (Å²) >= 11 is 0. The van der Waals surface area contributed by atoms with Crippen molar-refractivity contribution in [2.24, 2.45) is 5.73 Å². The van der Waals surface area contributed by atoms with Crippen molar-refractivity contribution in [2.45, 2.75) is 44.3 Å². The molecule has 0 unspecified atom stereocenters. The number of hydrogen-bond donors (Lipinski definition) is 2. The minimum Gasteiger partial charge on any atom is -0.362 e. The Balaban J connectivity index is 1.58. The molecule has 0 aliphatic heterocycles. The van der Waals surface area contributed by atoms with E-state index in [1.165, 1.54) is 5.56 Å². The second-order valence-electron chi connectivity index (χ2n) is 7.94. The van der Waals surface area contributed by atoms with Gasteiger partial charge in [-0.1, -0.05) is 30.3 Å². The first-order chi connectivity index (χ1) is 14.1. The SMILES string of the molecule is CN(C)c1c(-c2ccnc(NC3CCC(N)CC3)n2)cnn1Cc1ccccc1. The van der Waals surface area contributed by atoms with Crippen molar-refractivity contribution >= 4 is 11.8 Å². The van der Waals surface area contributed by atoms with Gasteiger partial charge in [-0.15, -0.1) is 0 Å². The minimum absolute atomic E-state index is 0.332. The summed E-state index contributed by atoms with van der Waals surface area (Å²) in [5, 5.41) is 8.13. The lowest BCUT2D eigenvalue weighted by atomic mass is 9.92. The molecule has 0 radical (unpaired) electrons. The van der Waals surface area contributed by atoms with E-state index in [1.807, 2.05) is 43.3 Å². The van der Waals surface area contributed by atoms with E-state index >= 15 is 0 Å². The lowest BCUT2D eigenvalue weighted by molar-refractivity contribution is 0.410. The van der Waals surface area contributed by atoms with Gasteiger partial charge in [0.05, 0.1) is 24.0 Å². The predicted molar refractivity (Wildman–Crippen MR) is 117 cm³/mol. The van der Waals surface area contributed by atoms with Crippen LogP contribution in [0.15, 0.2) is 48.8 Å². The molecular weight excluding hydrogens is 362 g/mol. The lowest BCUT2D eigenvalue weighted by Gasteiger charge is -2.26. The van der Waals surface area contributed by atoms with Gasteiger partial charge < -0.3 is 16.0 Å². The van der Waals surface area contributed by atoms with E-state index in [-0.39, 0.29) is 0 Å². The maximum Gasteiger partial charge on any atom is 0.223 e. The van der Waals surface area contributed by atoms with E-state index in [0.717, 1.165) is 42.8 Å². The molecule has 1 fully saturated rings. The number of rotatable bonds is 6. The summed E-state index contributed by atoms with van der Waals surface area (Å²) in [4.78, 5) is 11.3. The standard InChI is InChI=1S/C22H29N7/c1-28(2)21-19(14-25-29(21)15-16-6-4-3-5-7-16)20-12-13-24-22(27-20)26-18-10-8-17(23)9-11-18/h3-7,12-14,17-18H,8-11,15,23H2,1-2H3,(H,24,26,27). The zero-order valence-electron chi connectivity index (χ0n) is 17.1. The zero-order chi connectivity index (χ0) is 20.2. The summed E-state index contributed by atoms with van der Waals surface area (Å²) in [5.41, 5.74) is 9.11. The van der Waals surface area contributed by atoms with E-state index in [1.54, 1.807) is 0 Å². The first kappa shape index (κ1) is 19.4. The predicted octanol–water partition coefficient (Wildman–Crippen LogP) is 3.14. The number of hydrogen-bond acceptors (Lipinski definition) is 6. The summed E-state index contributed by atoms with van der Waals surface area (Å²) in [6, 6.07) is 13.0. The van der Waals surface area contributed by atoms with Gasteiger partial charge in [-0.05, 0) is 37.3 Å². The molecule has 3 N–H and O–H groups in total. The molecule has 29 heavy (non-hydrogen) atoms. The highest BCUT2D eigenvalue weighted by molar-refractivity contribution is 5.73. The van der Waals surface area contributed by atoms with Gasteiger partial charge in [0.2, 0.25) is 5.95 Å². The Bertz CT molecular complexity index is 927. The van der Waals surface area contributed by atoms with Gasteiger partial charge >= 0.3 is 0 Å². The normalized spacial score (nSPS) is 19.1. The second kappa shape index (κ2) is 8.61. The zero-order valence-corrected chi connectivity index (χ0v) is 17.1. The Labute approximate surface area is 172 Å². The number of anilines is 2. The molecule has 4 rings (SSSR count). The van der Waals surface area contributed by atoms with Crippen LogP contribution in [-0.4, -0.2) is 45.9 Å². The van der Waals surface area contributed by atoms with Gasteiger partial charge in [-0.25, -0.2) is 14.6 Å². The van der Waals surface area contributed by atoms with Crippen molar-refractivity contribution in [3.63, 3.8) is 0 Å². The molecule has 0 spiro atoms. The molecule has 1 aliphatic carbocycles. The van der Waals surface area contributed by atoms with Crippen molar-refractivity contribution in [2.75, 3.05) is 24.3 Å². The van der Waals surface area contributed by atoms with Crippen LogP contribution in [0, 0.1) is 0 Å². The van der Waals surface area contributed by atoms with E-state index in [2.05, 4.69) is 44.6 Å². The highest BCUT2D eigenvalue weighted by Gasteiger charge is 2.20. The van der Waals surface area contributed by atoms with Gasteiger partial charge in [0, 0.05) is 32.4 Å². The third-order valence-corrected chi connectivity index (χ3v) is 5.45. The van der Waals surface area contributed by atoms with E-state index < -0.39 is 0 Å². The largest absolute Gasteiger partial charge is 0.362 e. The average Bonchev–Trinajstić information content (AvgIpc) is 3.15. The van der Waals surface area contributed by atoms with E-state index in [4.69, 9.17) is 10.7 Å². The smallest absolute Gasteiger partial charge is 0.223 e. The molecular formula is C22H29N7. The van der Waals surface area contributed by atoms with Crippen molar-refractivity contribution in [1.82, 2.24) is 19.7 Å². The van der Waals surface area contributed by atoms with Crippen LogP contribution in [0.5, 0.6) is 0 Å². The Morgan fingerprint density at radius 2 is 1.86 bits per heavy atom. The average molecular weight is 392 g/mol. The maximum absolute atomic E-state index is 6.02. The molecule has 3 aromatic rings. The van der Waals surface area contributed by atoms with Crippen molar-refractivity contribution in [3.8, 4) is 11.3 Å². The van der Waals surface area contributed by atoms with Crippen LogP contribution < -0.4 is 16.0 Å². The third-order valence-electron chi connectivity index (χ3n) is 5.45. The van der Waals surface area contributed by atoms with E-state index in [9.17, 15) is 0 Å².